The van der Waals surface area contributed by atoms with Crippen LogP contribution in [0.25, 0.3) is 0 Å². The zero-order valence-corrected chi connectivity index (χ0v) is 16.5. The molecule has 0 aliphatic rings. The summed E-state index contributed by atoms with van der Waals surface area (Å²) in [6.07, 6.45) is 2.18. The number of rotatable bonds is 7. The Morgan fingerprint density at radius 3 is 1.53 bits per heavy atom. The maximum Gasteiger partial charge on any atom is 0.191 e. The topological polar surface area (TPSA) is 18.5 Å². The van der Waals surface area contributed by atoms with Crippen LogP contribution in [-0.2, 0) is 8.54 Å². The lowest BCUT2D eigenvalue weighted by Crippen LogP contribution is -2.55. The molecule has 0 aromatic heterocycles. The highest BCUT2D eigenvalue weighted by Crippen LogP contribution is 2.30. The van der Waals surface area contributed by atoms with Gasteiger partial charge in [0.25, 0.3) is 0 Å². The van der Waals surface area contributed by atoms with Gasteiger partial charge in [0.05, 0.1) is 5.22 Å². The van der Waals surface area contributed by atoms with Crippen molar-refractivity contribution in [3.63, 3.8) is 0 Å². The fraction of sp³-hybridized carbons (Fsp3) is 1.00. The van der Waals surface area contributed by atoms with Crippen LogP contribution >= 0.6 is 0 Å². The molecule has 0 radical (unpaired) electrons. The van der Waals surface area contributed by atoms with E-state index in [1.165, 1.54) is 0 Å². The van der Waals surface area contributed by atoms with Crippen LogP contribution in [0.1, 0.15) is 26.7 Å². The monoisotopic (exact) mass is 292 g/mol. The third-order valence-corrected chi connectivity index (χ3v) is 10.9. The summed E-state index contributed by atoms with van der Waals surface area (Å²) < 4.78 is 12.9. The average molecular weight is 293 g/mol. The normalized spacial score (nSPS) is 16.1. The van der Waals surface area contributed by atoms with Gasteiger partial charge in [-0.1, -0.05) is 13.8 Å². The summed E-state index contributed by atoms with van der Waals surface area (Å²) in [5.41, 5.74) is 0. The molecule has 0 aromatic carbocycles. The molecule has 2 nitrogen and oxygen atoms in total. The molecule has 0 aliphatic heterocycles. The molecule has 0 amide bonds. The van der Waals surface area contributed by atoms with Gasteiger partial charge in [0.1, 0.15) is 0 Å². The van der Waals surface area contributed by atoms with Gasteiger partial charge in [-0.15, -0.1) is 0 Å². The predicted molar refractivity (Wildman–Crippen MR) is 85.2 cm³/mol. The summed E-state index contributed by atoms with van der Waals surface area (Å²) in [6, 6.07) is 0. The Hall–Kier alpha value is 0.571. The van der Waals surface area contributed by atoms with E-state index in [0.717, 1.165) is 12.8 Å². The van der Waals surface area contributed by atoms with Crippen molar-refractivity contribution in [2.24, 2.45) is 0 Å². The Balaban J connectivity index is 4.93. The largest absolute Gasteiger partial charge is 0.456 e. The molecular formula is C12H32O2Si3. The fourth-order valence-corrected chi connectivity index (χ4v) is 11.8. The summed E-state index contributed by atoms with van der Waals surface area (Å²) in [7, 11) is -4.25. The Morgan fingerprint density at radius 2 is 1.29 bits per heavy atom. The van der Waals surface area contributed by atoms with E-state index in [0.29, 0.717) is 0 Å². The van der Waals surface area contributed by atoms with Crippen molar-refractivity contribution < 1.29 is 8.54 Å². The van der Waals surface area contributed by atoms with E-state index in [2.05, 4.69) is 59.7 Å². The van der Waals surface area contributed by atoms with Crippen molar-refractivity contribution in [1.29, 1.82) is 0 Å². The highest BCUT2D eigenvalue weighted by molar-refractivity contribution is 6.78. The first-order chi connectivity index (χ1) is 7.46. The van der Waals surface area contributed by atoms with Gasteiger partial charge in [-0.05, 0) is 58.7 Å². The zero-order valence-electron chi connectivity index (χ0n) is 13.3. The smallest absolute Gasteiger partial charge is 0.191 e. The van der Waals surface area contributed by atoms with Gasteiger partial charge in [-0.3, -0.25) is 0 Å². The minimum Gasteiger partial charge on any atom is -0.456 e. The van der Waals surface area contributed by atoms with E-state index < -0.39 is 25.7 Å². The van der Waals surface area contributed by atoms with E-state index in [4.69, 9.17) is 8.54 Å². The molecule has 1 unspecified atom stereocenters. The van der Waals surface area contributed by atoms with Crippen molar-refractivity contribution in [3.8, 4) is 0 Å². The first kappa shape index (κ1) is 17.6. The molecule has 17 heavy (non-hydrogen) atoms. The minimum atomic E-state index is -1.50. The van der Waals surface area contributed by atoms with Gasteiger partial charge < -0.3 is 8.54 Å². The van der Waals surface area contributed by atoms with Crippen LogP contribution < -0.4 is 0 Å². The van der Waals surface area contributed by atoms with Gasteiger partial charge in [0.15, 0.2) is 25.7 Å². The molecule has 0 N–H and O–H groups in total. The van der Waals surface area contributed by atoms with Crippen LogP contribution in [0.5, 0.6) is 0 Å². The molecule has 0 spiro atoms. The molecule has 0 aliphatic carbocycles. The van der Waals surface area contributed by atoms with Crippen LogP contribution in [0, 0.1) is 0 Å². The zero-order chi connectivity index (χ0) is 13.9. The first-order valence-electron chi connectivity index (χ1n) is 6.84. The summed E-state index contributed by atoms with van der Waals surface area (Å²) in [6.45, 7) is 20.5. The lowest BCUT2D eigenvalue weighted by Gasteiger charge is -2.43. The molecule has 0 saturated carbocycles. The van der Waals surface area contributed by atoms with Crippen LogP contribution in [0.4, 0.5) is 0 Å². The maximum absolute atomic E-state index is 6.53. The highest BCUT2D eigenvalue weighted by Gasteiger charge is 2.41. The molecule has 0 aromatic rings. The van der Waals surface area contributed by atoms with E-state index in [9.17, 15) is 0 Å². The molecule has 0 saturated heterocycles. The molecule has 0 bridgehead atoms. The van der Waals surface area contributed by atoms with Crippen molar-refractivity contribution in [2.75, 3.05) is 0 Å². The van der Waals surface area contributed by atoms with Crippen molar-refractivity contribution in [1.82, 2.24) is 0 Å². The first-order valence-corrected chi connectivity index (χ1v) is 15.9. The second-order valence-corrected chi connectivity index (χ2v) is 18.8. The van der Waals surface area contributed by atoms with Gasteiger partial charge in [-0.25, -0.2) is 0 Å². The van der Waals surface area contributed by atoms with Gasteiger partial charge in [0.2, 0.25) is 0 Å². The SMILES string of the molecule is CCC(CC)(O[Si](C)(C)C)[SiH](C)O[Si](C)(C)C. The minimum absolute atomic E-state index is 0.0464. The number of hydrogen-bond acceptors (Lipinski definition) is 2. The van der Waals surface area contributed by atoms with Crippen LogP contribution in [0.2, 0.25) is 45.8 Å². The Morgan fingerprint density at radius 1 is 0.882 bits per heavy atom. The second-order valence-electron chi connectivity index (χ2n) is 6.86. The maximum atomic E-state index is 6.53. The van der Waals surface area contributed by atoms with E-state index in [1.807, 2.05) is 0 Å². The van der Waals surface area contributed by atoms with E-state index in [1.54, 1.807) is 0 Å². The standard InChI is InChI=1S/C12H32O2Si3/c1-10-12(11-2,13-16(4,5)6)15(3)14-17(7,8)9/h15H,10-11H2,1-9H3. The van der Waals surface area contributed by atoms with Crippen LogP contribution in [-0.4, -0.2) is 30.9 Å². The summed E-state index contributed by atoms with van der Waals surface area (Å²) in [4.78, 5) is 0. The molecule has 104 valence electrons. The average Bonchev–Trinajstić information content (AvgIpc) is 2.09. The lowest BCUT2D eigenvalue weighted by atomic mass is 10.2. The summed E-state index contributed by atoms with van der Waals surface area (Å²) in [5.74, 6) is 0. The molecule has 5 heteroatoms. The van der Waals surface area contributed by atoms with Gasteiger partial charge in [0, 0.05) is 0 Å². The molecule has 0 fully saturated rings. The Labute approximate surface area is 112 Å². The molecule has 0 rings (SSSR count). The Kier molecular flexibility index (Phi) is 6.35. The third kappa shape index (κ3) is 6.33. The third-order valence-electron chi connectivity index (χ3n) is 2.98. The van der Waals surface area contributed by atoms with E-state index >= 15 is 0 Å². The van der Waals surface area contributed by atoms with E-state index in [-0.39, 0.29) is 5.22 Å². The van der Waals surface area contributed by atoms with Gasteiger partial charge >= 0.3 is 0 Å². The van der Waals surface area contributed by atoms with Crippen LogP contribution in [0.15, 0.2) is 0 Å². The molecule has 1 atom stereocenters. The second kappa shape index (κ2) is 6.14. The molecular weight excluding hydrogens is 260 g/mol. The Bertz CT molecular complexity index is 227. The summed E-state index contributed by atoms with van der Waals surface area (Å²) >= 11 is 0. The number of hydrogen-bond donors (Lipinski definition) is 0. The quantitative estimate of drug-likeness (QED) is 0.657. The van der Waals surface area contributed by atoms with Crippen molar-refractivity contribution >= 4 is 25.7 Å². The van der Waals surface area contributed by atoms with Crippen LogP contribution in [0.3, 0.4) is 0 Å². The van der Waals surface area contributed by atoms with Crippen molar-refractivity contribution in [3.05, 3.63) is 0 Å². The van der Waals surface area contributed by atoms with Crippen molar-refractivity contribution in [2.45, 2.75) is 77.7 Å². The molecule has 0 heterocycles. The lowest BCUT2D eigenvalue weighted by molar-refractivity contribution is 0.117. The van der Waals surface area contributed by atoms with Gasteiger partial charge in [-0.2, -0.15) is 0 Å². The fourth-order valence-electron chi connectivity index (χ4n) is 2.30. The summed E-state index contributed by atoms with van der Waals surface area (Å²) in [5, 5.41) is 0.0464. The predicted octanol–water partition coefficient (Wildman–Crippen LogP) is 4.14. The highest BCUT2D eigenvalue weighted by atomic mass is 28.4.